The van der Waals surface area contributed by atoms with E-state index in [1.165, 1.54) is 0 Å². The molecule has 0 spiro atoms. The van der Waals surface area contributed by atoms with Crippen LogP contribution in [0.2, 0.25) is 5.02 Å². The maximum Gasteiger partial charge on any atom is 0.271 e. The fourth-order valence-corrected chi connectivity index (χ4v) is 4.90. The van der Waals surface area contributed by atoms with Crippen molar-refractivity contribution < 1.29 is 14.6 Å². The van der Waals surface area contributed by atoms with Crippen LogP contribution in [-0.4, -0.2) is 77.9 Å². The molecule has 1 atom stereocenters. The molecule has 0 radical (unpaired) electrons. The Morgan fingerprint density at radius 3 is 2.31 bits per heavy atom. The second kappa shape index (κ2) is 15.6. The van der Waals surface area contributed by atoms with Crippen LogP contribution < -0.4 is 15.0 Å². The number of halogens is 4. The van der Waals surface area contributed by atoms with Crippen LogP contribution in [0.1, 0.15) is 27.6 Å². The average molecular weight is 621 g/mol. The Morgan fingerprint density at radius 1 is 1.05 bits per heavy atom. The molecule has 1 unspecified atom stereocenters. The molecule has 1 fully saturated rings. The van der Waals surface area contributed by atoms with Crippen molar-refractivity contribution in [3.05, 3.63) is 70.3 Å². The highest BCUT2D eigenvalue weighted by Gasteiger charge is 2.23. The third-order valence-electron chi connectivity index (χ3n) is 6.74. The number of aliphatic hydroxyl groups is 1. The number of imidazole rings is 1. The first kappa shape index (κ1) is 34.8. The Morgan fingerprint density at radius 2 is 1.69 bits per heavy atom. The van der Waals surface area contributed by atoms with Gasteiger partial charge in [-0.3, -0.25) is 9.69 Å². The summed E-state index contributed by atoms with van der Waals surface area (Å²) in [6, 6.07) is 13.6. The van der Waals surface area contributed by atoms with E-state index in [1.54, 1.807) is 7.11 Å². The molecular weight excluding hydrogens is 584 g/mol. The van der Waals surface area contributed by atoms with Crippen LogP contribution in [0, 0.1) is 20.8 Å². The lowest BCUT2D eigenvalue weighted by Crippen LogP contribution is -2.50. The fourth-order valence-electron chi connectivity index (χ4n) is 4.74. The molecule has 1 aromatic heterocycles. The first-order valence-corrected chi connectivity index (χ1v) is 12.5. The topological polar surface area (TPSA) is 82.9 Å². The number of carbonyl (C=O) groups excluding carboxylic acids is 1. The van der Waals surface area contributed by atoms with Crippen molar-refractivity contribution in [3.63, 3.8) is 0 Å². The number of anilines is 1. The van der Waals surface area contributed by atoms with E-state index >= 15 is 0 Å². The van der Waals surface area contributed by atoms with Gasteiger partial charge in [0, 0.05) is 55.7 Å². The van der Waals surface area contributed by atoms with Gasteiger partial charge in [-0.2, -0.15) is 0 Å². The summed E-state index contributed by atoms with van der Waals surface area (Å²) in [6.45, 7) is 9.84. The highest BCUT2D eigenvalue weighted by atomic mass is 35.5. The van der Waals surface area contributed by atoms with E-state index in [2.05, 4.69) is 26.2 Å². The second-order valence-corrected chi connectivity index (χ2v) is 9.57. The van der Waals surface area contributed by atoms with E-state index in [0.29, 0.717) is 12.2 Å². The number of hydrogen-bond acceptors (Lipinski definition) is 6. The summed E-state index contributed by atoms with van der Waals surface area (Å²) in [5.41, 5.74) is 4.27. The molecule has 1 amide bonds. The number of nitrogens with one attached hydrogen (secondary N) is 1. The molecule has 0 aliphatic carbocycles. The number of β-amino-alcohol motifs (C(OH)–C–C–N with tert-alkyl or cyclic N) is 1. The van der Waals surface area contributed by atoms with Crippen LogP contribution in [0.5, 0.6) is 5.75 Å². The van der Waals surface area contributed by atoms with Crippen molar-refractivity contribution in [2.24, 2.45) is 0 Å². The monoisotopic (exact) mass is 619 g/mol. The van der Waals surface area contributed by atoms with Crippen LogP contribution in [0.25, 0.3) is 5.69 Å². The van der Waals surface area contributed by atoms with Gasteiger partial charge in [0.1, 0.15) is 17.3 Å². The van der Waals surface area contributed by atoms with Crippen LogP contribution in [0.15, 0.2) is 42.5 Å². The third kappa shape index (κ3) is 8.16. The van der Waals surface area contributed by atoms with E-state index in [-0.39, 0.29) is 49.7 Å². The highest BCUT2D eigenvalue weighted by molar-refractivity contribution is 6.31. The van der Waals surface area contributed by atoms with Gasteiger partial charge in [-0.25, -0.2) is 4.98 Å². The van der Waals surface area contributed by atoms with E-state index in [0.717, 1.165) is 65.4 Å². The van der Waals surface area contributed by atoms with Gasteiger partial charge in [-0.05, 0) is 62.7 Å². The molecule has 3 aromatic rings. The Kier molecular flexibility index (Phi) is 13.9. The molecule has 39 heavy (non-hydrogen) atoms. The molecule has 12 heteroatoms. The van der Waals surface area contributed by atoms with E-state index in [1.807, 2.05) is 61.7 Å². The highest BCUT2D eigenvalue weighted by Crippen LogP contribution is 2.27. The van der Waals surface area contributed by atoms with Crippen molar-refractivity contribution in [3.8, 4) is 11.4 Å². The minimum absolute atomic E-state index is 0. The number of hydrogen-bond donors (Lipinski definition) is 2. The summed E-state index contributed by atoms with van der Waals surface area (Å²) >= 11 is 6.28. The molecule has 216 valence electrons. The quantitative estimate of drug-likeness (QED) is 0.382. The van der Waals surface area contributed by atoms with E-state index < -0.39 is 6.10 Å². The lowest BCUT2D eigenvalue weighted by molar-refractivity contribution is 0.0847. The van der Waals surface area contributed by atoms with Gasteiger partial charge in [0.2, 0.25) is 0 Å². The second-order valence-electron chi connectivity index (χ2n) is 9.16. The third-order valence-corrected chi connectivity index (χ3v) is 7.15. The number of aromatic nitrogens is 2. The number of aliphatic hydroxyl groups excluding tert-OH is 1. The predicted molar refractivity (Wildman–Crippen MR) is 165 cm³/mol. The number of nitrogens with zero attached hydrogens (tertiary/aromatic N) is 4. The molecule has 2 heterocycles. The minimum Gasteiger partial charge on any atom is -0.497 e. The lowest BCUT2D eigenvalue weighted by atomic mass is 10.1. The Hall–Kier alpha value is -2.20. The molecule has 2 aromatic carbocycles. The molecule has 0 saturated carbocycles. The van der Waals surface area contributed by atoms with Crippen LogP contribution >= 0.6 is 48.8 Å². The minimum atomic E-state index is -0.668. The summed E-state index contributed by atoms with van der Waals surface area (Å²) in [7, 11) is 1.63. The molecule has 1 aliphatic rings. The van der Waals surface area contributed by atoms with Crippen molar-refractivity contribution in [2.75, 3.05) is 51.3 Å². The summed E-state index contributed by atoms with van der Waals surface area (Å²) in [6.07, 6.45) is -0.668. The van der Waals surface area contributed by atoms with Gasteiger partial charge in [-0.1, -0.05) is 17.7 Å². The van der Waals surface area contributed by atoms with Crippen LogP contribution in [0.4, 0.5) is 5.69 Å². The largest absolute Gasteiger partial charge is 0.497 e. The van der Waals surface area contributed by atoms with Gasteiger partial charge in [0.15, 0.2) is 0 Å². The number of carbonyl (C=O) groups is 1. The predicted octanol–water partition coefficient (Wildman–Crippen LogP) is 4.64. The fraction of sp³-hybridized carbons (Fsp3) is 0.407. The van der Waals surface area contributed by atoms with Crippen molar-refractivity contribution in [2.45, 2.75) is 26.9 Å². The zero-order valence-corrected chi connectivity index (χ0v) is 25.7. The maximum atomic E-state index is 12.9. The van der Waals surface area contributed by atoms with Gasteiger partial charge in [-0.15, -0.1) is 37.2 Å². The molecule has 0 bridgehead atoms. The summed E-state index contributed by atoms with van der Waals surface area (Å²) in [5.74, 6) is 1.20. The maximum absolute atomic E-state index is 12.9. The summed E-state index contributed by atoms with van der Waals surface area (Å²) in [5, 5.41) is 14.2. The SMILES string of the molecule is COc1ccc(-n2c(C)nc(C(=O)NCC(O)CN3CCN(c4cccc(Cl)c4C)CC3)c2C)cc1.Cl.Cl.Cl. The zero-order chi connectivity index (χ0) is 25.8. The number of rotatable bonds is 8. The first-order chi connectivity index (χ1) is 17.3. The van der Waals surface area contributed by atoms with Gasteiger partial charge in [0.25, 0.3) is 5.91 Å². The first-order valence-electron chi connectivity index (χ1n) is 12.2. The van der Waals surface area contributed by atoms with Crippen LogP contribution in [-0.2, 0) is 0 Å². The Labute approximate surface area is 253 Å². The Bertz CT molecular complexity index is 1210. The number of aryl methyl sites for hydroxylation is 1. The number of benzene rings is 2. The molecule has 8 nitrogen and oxygen atoms in total. The van der Waals surface area contributed by atoms with Gasteiger partial charge in [0.05, 0.1) is 18.9 Å². The number of ether oxygens (including phenoxy) is 1. The van der Waals surface area contributed by atoms with Gasteiger partial charge < -0.3 is 24.6 Å². The molecule has 2 N–H and O–H groups in total. The van der Waals surface area contributed by atoms with E-state index in [4.69, 9.17) is 16.3 Å². The van der Waals surface area contributed by atoms with Gasteiger partial charge >= 0.3 is 0 Å². The molecular formula is C27H37Cl4N5O3. The lowest BCUT2D eigenvalue weighted by Gasteiger charge is -2.37. The summed E-state index contributed by atoms with van der Waals surface area (Å²) in [4.78, 5) is 21.9. The molecule has 1 saturated heterocycles. The molecule has 1 aliphatic heterocycles. The van der Waals surface area contributed by atoms with Crippen molar-refractivity contribution >= 4 is 60.4 Å². The zero-order valence-electron chi connectivity index (χ0n) is 22.5. The average Bonchev–Trinajstić information content (AvgIpc) is 3.18. The molecule has 4 rings (SSSR count). The normalized spacial score (nSPS) is 13.9. The number of amides is 1. The van der Waals surface area contributed by atoms with E-state index in [9.17, 15) is 9.90 Å². The number of methoxy groups -OCH3 is 1. The summed E-state index contributed by atoms with van der Waals surface area (Å²) < 4.78 is 7.17. The Balaban J connectivity index is 0.00000253. The van der Waals surface area contributed by atoms with Crippen LogP contribution in [0.3, 0.4) is 0 Å². The number of piperazine rings is 1. The van der Waals surface area contributed by atoms with Crippen molar-refractivity contribution in [1.82, 2.24) is 19.8 Å². The standard InChI is InChI=1S/C27H34ClN5O3.3ClH/c1-18-24(28)6-5-7-25(18)32-14-12-31(13-15-32)17-22(34)16-29-27(35)26-19(2)33(20(3)30-26)21-8-10-23(36-4)11-9-21;;;/h5-11,22,34H,12-17H2,1-4H3,(H,29,35);3*1H. The smallest absolute Gasteiger partial charge is 0.271 e. The van der Waals surface area contributed by atoms with Crippen molar-refractivity contribution in [1.29, 1.82) is 0 Å².